The number of carbonyl (C=O) groups is 3. The Morgan fingerprint density at radius 3 is 2.73 bits per heavy atom. The van der Waals surface area contributed by atoms with Crippen molar-refractivity contribution >= 4 is 23.3 Å². The van der Waals surface area contributed by atoms with Crippen molar-refractivity contribution < 1.29 is 14.4 Å². The largest absolute Gasteiger partial charge is 0.329 e. The maximum Gasteiger partial charge on any atom is 0.249 e. The third-order valence-electron chi connectivity index (χ3n) is 4.52. The van der Waals surface area contributed by atoms with Crippen LogP contribution in [0.3, 0.4) is 0 Å². The molecule has 2 heterocycles. The predicted molar refractivity (Wildman–Crippen MR) is 82.9 cm³/mol. The van der Waals surface area contributed by atoms with E-state index in [0.717, 1.165) is 5.56 Å². The number of fused-ring (bicyclic) bond motifs is 4. The summed E-state index contributed by atoms with van der Waals surface area (Å²) >= 11 is 0. The van der Waals surface area contributed by atoms with E-state index in [1.54, 1.807) is 9.80 Å². The molecule has 0 saturated carbocycles. The fraction of sp³-hybridized carbons (Fsp3) is 0.471. The third-order valence-corrected chi connectivity index (χ3v) is 4.52. The third kappa shape index (κ3) is 2.40. The highest BCUT2D eigenvalue weighted by Gasteiger charge is 2.38. The Bertz CT molecular complexity index is 653. The van der Waals surface area contributed by atoms with Gasteiger partial charge in [-0.25, -0.2) is 0 Å². The van der Waals surface area contributed by atoms with E-state index >= 15 is 0 Å². The molecule has 3 rings (SSSR count). The van der Waals surface area contributed by atoms with Crippen molar-refractivity contribution in [1.82, 2.24) is 4.90 Å². The van der Waals surface area contributed by atoms with Crippen LogP contribution in [0.2, 0.25) is 0 Å². The summed E-state index contributed by atoms with van der Waals surface area (Å²) in [6, 6.07) is 5.20. The molecule has 1 fully saturated rings. The number of rotatable bonds is 0. The minimum Gasteiger partial charge on any atom is -0.329 e. The number of carbonyl (C=O) groups excluding carboxylic acids is 3. The van der Waals surface area contributed by atoms with Crippen LogP contribution in [0.5, 0.6) is 0 Å². The summed E-state index contributed by atoms with van der Waals surface area (Å²) in [5.74, 6) is -0.0672. The first-order valence-corrected chi connectivity index (χ1v) is 7.71. The summed E-state index contributed by atoms with van der Waals surface area (Å²) in [6.07, 6.45) is 1.59. The quantitative estimate of drug-likeness (QED) is 0.735. The van der Waals surface area contributed by atoms with Crippen LogP contribution < -0.4 is 4.90 Å². The van der Waals surface area contributed by atoms with E-state index < -0.39 is 6.04 Å². The second-order valence-electron chi connectivity index (χ2n) is 6.05. The molecule has 1 saturated heterocycles. The summed E-state index contributed by atoms with van der Waals surface area (Å²) in [4.78, 5) is 40.4. The first-order valence-electron chi connectivity index (χ1n) is 7.71. The van der Waals surface area contributed by atoms with Crippen LogP contribution in [0.15, 0.2) is 18.2 Å². The molecule has 2 aliphatic rings. The molecular weight excluding hydrogens is 280 g/mol. The SMILES string of the molecule is CC(=O)N1CCN2C(=O)[C@@H]1CCCC(=O)c1cc(C)ccc12. The van der Waals surface area contributed by atoms with Gasteiger partial charge in [0.25, 0.3) is 0 Å². The number of ketones is 1. The zero-order chi connectivity index (χ0) is 15.9. The minimum atomic E-state index is -0.439. The fourth-order valence-corrected chi connectivity index (χ4v) is 3.38. The summed E-state index contributed by atoms with van der Waals surface area (Å²) < 4.78 is 0. The second-order valence-corrected chi connectivity index (χ2v) is 6.05. The van der Waals surface area contributed by atoms with E-state index in [-0.39, 0.29) is 17.6 Å². The fourth-order valence-electron chi connectivity index (χ4n) is 3.38. The molecule has 116 valence electrons. The monoisotopic (exact) mass is 300 g/mol. The Morgan fingerprint density at radius 1 is 1.23 bits per heavy atom. The molecule has 0 unspecified atom stereocenters. The zero-order valence-corrected chi connectivity index (χ0v) is 13.0. The Balaban J connectivity index is 2.07. The van der Waals surface area contributed by atoms with Gasteiger partial charge in [0, 0.05) is 32.0 Å². The maximum atomic E-state index is 12.8. The van der Waals surface area contributed by atoms with Gasteiger partial charge < -0.3 is 9.80 Å². The van der Waals surface area contributed by atoms with Crippen molar-refractivity contribution in [3.8, 4) is 0 Å². The van der Waals surface area contributed by atoms with E-state index in [2.05, 4.69) is 0 Å². The van der Waals surface area contributed by atoms with Crippen molar-refractivity contribution in [3.05, 3.63) is 29.3 Å². The lowest BCUT2D eigenvalue weighted by atomic mass is 10.0. The highest BCUT2D eigenvalue weighted by molar-refractivity contribution is 6.08. The van der Waals surface area contributed by atoms with Crippen molar-refractivity contribution in [2.75, 3.05) is 18.0 Å². The van der Waals surface area contributed by atoms with Gasteiger partial charge >= 0.3 is 0 Å². The van der Waals surface area contributed by atoms with Crippen LogP contribution in [0.25, 0.3) is 0 Å². The Hall–Kier alpha value is -2.17. The maximum absolute atomic E-state index is 12.8. The zero-order valence-electron chi connectivity index (χ0n) is 13.0. The van der Waals surface area contributed by atoms with E-state index in [4.69, 9.17) is 0 Å². The lowest BCUT2D eigenvalue weighted by Gasteiger charge is -2.40. The number of hydrogen-bond acceptors (Lipinski definition) is 3. The van der Waals surface area contributed by atoms with Gasteiger partial charge in [0.2, 0.25) is 11.8 Å². The molecule has 1 atom stereocenters. The van der Waals surface area contributed by atoms with Crippen molar-refractivity contribution in [2.24, 2.45) is 0 Å². The molecule has 2 aliphatic heterocycles. The van der Waals surface area contributed by atoms with E-state index in [9.17, 15) is 14.4 Å². The van der Waals surface area contributed by atoms with Crippen LogP contribution in [-0.4, -0.2) is 41.6 Å². The van der Waals surface area contributed by atoms with Crippen LogP contribution in [-0.2, 0) is 9.59 Å². The Morgan fingerprint density at radius 2 is 2.00 bits per heavy atom. The van der Waals surface area contributed by atoms with Gasteiger partial charge in [0.1, 0.15) is 6.04 Å². The van der Waals surface area contributed by atoms with Crippen molar-refractivity contribution in [3.63, 3.8) is 0 Å². The molecule has 0 spiro atoms. The Labute approximate surface area is 129 Å². The number of nitrogens with zero attached hydrogens (tertiary/aromatic N) is 2. The molecule has 1 aromatic carbocycles. The number of benzene rings is 1. The van der Waals surface area contributed by atoms with Gasteiger partial charge in [-0.05, 0) is 31.9 Å². The summed E-state index contributed by atoms with van der Waals surface area (Å²) in [6.45, 7) is 4.40. The summed E-state index contributed by atoms with van der Waals surface area (Å²) in [5.41, 5.74) is 2.33. The van der Waals surface area contributed by atoms with Crippen LogP contribution in [0.1, 0.15) is 42.1 Å². The molecule has 5 nitrogen and oxygen atoms in total. The number of piperazine rings is 1. The Kier molecular flexibility index (Phi) is 3.72. The van der Waals surface area contributed by atoms with E-state index in [1.165, 1.54) is 6.92 Å². The molecule has 2 amide bonds. The van der Waals surface area contributed by atoms with Gasteiger partial charge in [-0.2, -0.15) is 0 Å². The van der Waals surface area contributed by atoms with Gasteiger partial charge in [-0.15, -0.1) is 0 Å². The molecule has 2 bridgehead atoms. The molecular formula is C17H20N2O3. The van der Waals surface area contributed by atoms with Gasteiger partial charge in [0.15, 0.2) is 5.78 Å². The molecule has 1 aromatic rings. The normalized spacial score (nSPS) is 21.8. The molecule has 0 aliphatic carbocycles. The highest BCUT2D eigenvalue weighted by atomic mass is 16.2. The topological polar surface area (TPSA) is 57.7 Å². The molecule has 0 aromatic heterocycles. The molecule has 22 heavy (non-hydrogen) atoms. The number of anilines is 1. The molecule has 0 radical (unpaired) electrons. The first-order chi connectivity index (χ1) is 10.5. The lowest BCUT2D eigenvalue weighted by Crippen LogP contribution is -2.58. The van der Waals surface area contributed by atoms with Crippen LogP contribution >= 0.6 is 0 Å². The van der Waals surface area contributed by atoms with Gasteiger partial charge in [-0.1, -0.05) is 11.6 Å². The van der Waals surface area contributed by atoms with Crippen molar-refractivity contribution in [1.29, 1.82) is 0 Å². The number of Topliss-reactive ketones (excluding diaryl/α,β-unsaturated/α-hetero) is 1. The average Bonchev–Trinajstić information content (AvgIpc) is 2.50. The van der Waals surface area contributed by atoms with Crippen molar-refractivity contribution in [2.45, 2.75) is 39.2 Å². The first kappa shape index (κ1) is 14.8. The predicted octanol–water partition coefficient (Wildman–Crippen LogP) is 1.93. The smallest absolute Gasteiger partial charge is 0.249 e. The van der Waals surface area contributed by atoms with E-state index in [1.807, 2.05) is 25.1 Å². The lowest BCUT2D eigenvalue weighted by molar-refractivity contribution is -0.140. The highest BCUT2D eigenvalue weighted by Crippen LogP contribution is 2.30. The van der Waals surface area contributed by atoms with Crippen LogP contribution in [0, 0.1) is 6.92 Å². The number of amides is 2. The van der Waals surface area contributed by atoms with Gasteiger partial charge in [0.05, 0.1) is 5.69 Å². The molecule has 0 N–H and O–H groups in total. The standard InChI is InChI=1S/C17H20N2O3/c1-11-6-7-14-13(10-11)16(21)5-3-4-15-17(22)19(14)9-8-18(15)12(2)20/h6-7,10,15H,3-5,8-9H2,1-2H3/t15-/m0/s1. The molecule has 5 heteroatoms. The number of hydrogen-bond donors (Lipinski definition) is 0. The average molecular weight is 300 g/mol. The van der Waals surface area contributed by atoms with E-state index in [0.29, 0.717) is 43.6 Å². The van der Waals surface area contributed by atoms with Gasteiger partial charge in [-0.3, -0.25) is 14.4 Å². The minimum absolute atomic E-state index is 0.0683. The summed E-state index contributed by atoms with van der Waals surface area (Å²) in [5, 5.41) is 0. The van der Waals surface area contributed by atoms with Crippen LogP contribution in [0.4, 0.5) is 5.69 Å². The summed E-state index contributed by atoms with van der Waals surface area (Å²) in [7, 11) is 0. The second kappa shape index (κ2) is 5.55. The number of aryl methyl sites for hydroxylation is 1.